The van der Waals surface area contributed by atoms with Crippen molar-refractivity contribution in [1.82, 2.24) is 0 Å². The molecule has 0 heterocycles. The first-order valence-electron chi connectivity index (χ1n) is 5.81. The molecule has 0 N–H and O–H groups in total. The Labute approximate surface area is 101 Å². The van der Waals surface area contributed by atoms with E-state index in [-0.39, 0.29) is 5.82 Å². The van der Waals surface area contributed by atoms with Gasteiger partial charge in [-0.1, -0.05) is 36.9 Å². The molecule has 3 heteroatoms. The predicted molar refractivity (Wildman–Crippen MR) is 63.1 cm³/mol. The number of hydrogen-bond donors (Lipinski definition) is 0. The number of benzene rings is 1. The van der Waals surface area contributed by atoms with Gasteiger partial charge in [0.15, 0.2) is 0 Å². The van der Waals surface area contributed by atoms with E-state index in [4.69, 9.17) is 16.3 Å². The fraction of sp³-hybridized carbons (Fsp3) is 0.538. The molecule has 0 spiro atoms. The molecule has 2 rings (SSSR count). The minimum absolute atomic E-state index is 0.275. The summed E-state index contributed by atoms with van der Waals surface area (Å²) in [5.41, 5.74) is 0.593. The molecule has 1 saturated carbocycles. The van der Waals surface area contributed by atoms with Gasteiger partial charge in [-0.05, 0) is 25.0 Å². The van der Waals surface area contributed by atoms with Crippen LogP contribution < -0.4 is 0 Å². The van der Waals surface area contributed by atoms with Gasteiger partial charge in [-0.2, -0.15) is 0 Å². The van der Waals surface area contributed by atoms with Crippen molar-refractivity contribution in [3.63, 3.8) is 0 Å². The summed E-state index contributed by atoms with van der Waals surface area (Å²) in [6, 6.07) is 4.73. The molecule has 0 radical (unpaired) electrons. The van der Waals surface area contributed by atoms with Crippen LogP contribution in [0.15, 0.2) is 18.2 Å². The molecule has 0 atom stereocenters. The lowest BCUT2D eigenvalue weighted by Gasteiger charge is -2.22. The Morgan fingerprint density at radius 1 is 1.25 bits per heavy atom. The van der Waals surface area contributed by atoms with Crippen LogP contribution in [0, 0.1) is 5.82 Å². The van der Waals surface area contributed by atoms with Crippen LogP contribution in [0.1, 0.15) is 37.7 Å². The quantitative estimate of drug-likeness (QED) is 0.767. The molecule has 1 nitrogen and oxygen atoms in total. The fourth-order valence-corrected chi connectivity index (χ4v) is 2.24. The Hall–Kier alpha value is -0.600. The smallest absolute Gasteiger partial charge is 0.130 e. The van der Waals surface area contributed by atoms with Gasteiger partial charge in [0.25, 0.3) is 0 Å². The zero-order chi connectivity index (χ0) is 11.4. The summed E-state index contributed by atoms with van der Waals surface area (Å²) in [4.78, 5) is 0. The monoisotopic (exact) mass is 242 g/mol. The van der Waals surface area contributed by atoms with Crippen molar-refractivity contribution >= 4 is 11.6 Å². The SMILES string of the molecule is Fc1cc(Cl)ccc1COC1CCCCC1. The lowest BCUT2D eigenvalue weighted by atomic mass is 9.98. The summed E-state index contributed by atoms with van der Waals surface area (Å²) in [7, 11) is 0. The van der Waals surface area contributed by atoms with Gasteiger partial charge in [-0.3, -0.25) is 0 Å². The number of hydrogen-bond acceptors (Lipinski definition) is 1. The number of rotatable bonds is 3. The Morgan fingerprint density at radius 3 is 2.69 bits per heavy atom. The summed E-state index contributed by atoms with van der Waals surface area (Å²) in [6.07, 6.45) is 6.28. The zero-order valence-corrected chi connectivity index (χ0v) is 9.97. The predicted octanol–water partition coefficient (Wildman–Crippen LogP) is 4.33. The molecular weight excluding hydrogens is 227 g/mol. The molecule has 1 fully saturated rings. The highest BCUT2D eigenvalue weighted by Gasteiger charge is 2.14. The molecule has 1 aromatic carbocycles. The molecule has 0 aliphatic heterocycles. The van der Waals surface area contributed by atoms with Crippen molar-refractivity contribution < 1.29 is 9.13 Å². The third-order valence-electron chi connectivity index (χ3n) is 3.04. The maximum Gasteiger partial charge on any atom is 0.130 e. The van der Waals surface area contributed by atoms with E-state index in [0.717, 1.165) is 12.8 Å². The summed E-state index contributed by atoms with van der Waals surface area (Å²) in [5, 5.41) is 0.430. The van der Waals surface area contributed by atoms with Crippen molar-refractivity contribution in [2.45, 2.75) is 44.8 Å². The topological polar surface area (TPSA) is 9.23 Å². The average molecular weight is 243 g/mol. The van der Waals surface area contributed by atoms with E-state index in [1.165, 1.54) is 25.3 Å². The zero-order valence-electron chi connectivity index (χ0n) is 9.22. The summed E-state index contributed by atoms with van der Waals surface area (Å²) in [6.45, 7) is 0.355. The van der Waals surface area contributed by atoms with Crippen LogP contribution in [0.2, 0.25) is 5.02 Å². The maximum absolute atomic E-state index is 13.4. The van der Waals surface area contributed by atoms with Crippen LogP contribution in [0.5, 0.6) is 0 Å². The summed E-state index contributed by atoms with van der Waals surface area (Å²) >= 11 is 5.68. The van der Waals surface area contributed by atoms with Crippen LogP contribution >= 0.6 is 11.6 Å². The van der Waals surface area contributed by atoms with E-state index in [1.807, 2.05) is 0 Å². The Balaban J connectivity index is 1.88. The van der Waals surface area contributed by atoms with E-state index in [9.17, 15) is 4.39 Å². The Morgan fingerprint density at radius 2 is 2.00 bits per heavy atom. The highest BCUT2D eigenvalue weighted by Crippen LogP contribution is 2.22. The van der Waals surface area contributed by atoms with Gasteiger partial charge in [0, 0.05) is 10.6 Å². The highest BCUT2D eigenvalue weighted by molar-refractivity contribution is 6.30. The van der Waals surface area contributed by atoms with E-state index >= 15 is 0 Å². The molecule has 1 aliphatic rings. The molecule has 1 aromatic rings. The third-order valence-corrected chi connectivity index (χ3v) is 3.28. The second kappa shape index (κ2) is 5.65. The molecule has 0 saturated heterocycles. The molecule has 0 unspecified atom stereocenters. The first-order chi connectivity index (χ1) is 7.75. The van der Waals surface area contributed by atoms with Gasteiger partial charge < -0.3 is 4.74 Å². The Kier molecular flexibility index (Phi) is 4.19. The second-order valence-electron chi connectivity index (χ2n) is 4.31. The van der Waals surface area contributed by atoms with Gasteiger partial charge in [-0.15, -0.1) is 0 Å². The van der Waals surface area contributed by atoms with Gasteiger partial charge >= 0.3 is 0 Å². The number of halogens is 2. The lowest BCUT2D eigenvalue weighted by Crippen LogP contribution is -2.16. The van der Waals surface area contributed by atoms with Crippen molar-refractivity contribution in [2.24, 2.45) is 0 Å². The maximum atomic E-state index is 13.4. The van der Waals surface area contributed by atoms with E-state index in [2.05, 4.69) is 0 Å². The van der Waals surface area contributed by atoms with E-state index in [1.54, 1.807) is 12.1 Å². The minimum Gasteiger partial charge on any atom is -0.373 e. The molecule has 16 heavy (non-hydrogen) atoms. The normalized spacial score (nSPS) is 17.6. The number of ether oxygens (including phenoxy) is 1. The third kappa shape index (κ3) is 3.19. The lowest BCUT2D eigenvalue weighted by molar-refractivity contribution is 0.0156. The van der Waals surface area contributed by atoms with Crippen LogP contribution in [0.3, 0.4) is 0 Å². The minimum atomic E-state index is -0.275. The molecular formula is C13H16ClFO. The van der Waals surface area contributed by atoms with E-state index < -0.39 is 0 Å². The first kappa shape index (κ1) is 11.9. The van der Waals surface area contributed by atoms with Crippen molar-refractivity contribution in [2.75, 3.05) is 0 Å². The second-order valence-corrected chi connectivity index (χ2v) is 4.74. The van der Waals surface area contributed by atoms with Crippen LogP contribution in [-0.4, -0.2) is 6.10 Å². The highest BCUT2D eigenvalue weighted by atomic mass is 35.5. The molecule has 88 valence electrons. The van der Waals surface area contributed by atoms with Crippen LogP contribution in [0.4, 0.5) is 4.39 Å². The van der Waals surface area contributed by atoms with Crippen molar-refractivity contribution in [1.29, 1.82) is 0 Å². The first-order valence-corrected chi connectivity index (χ1v) is 6.19. The van der Waals surface area contributed by atoms with Gasteiger partial charge in [0.05, 0.1) is 12.7 Å². The van der Waals surface area contributed by atoms with Crippen LogP contribution in [-0.2, 0) is 11.3 Å². The summed E-state index contributed by atoms with van der Waals surface area (Å²) < 4.78 is 19.1. The molecule has 0 amide bonds. The van der Waals surface area contributed by atoms with Gasteiger partial charge in [0.1, 0.15) is 5.82 Å². The van der Waals surface area contributed by atoms with E-state index in [0.29, 0.717) is 23.3 Å². The largest absolute Gasteiger partial charge is 0.373 e. The van der Waals surface area contributed by atoms with Crippen molar-refractivity contribution in [3.05, 3.63) is 34.6 Å². The Bertz CT molecular complexity index is 348. The molecule has 0 bridgehead atoms. The van der Waals surface area contributed by atoms with Gasteiger partial charge in [0.2, 0.25) is 0 Å². The van der Waals surface area contributed by atoms with Crippen LogP contribution in [0.25, 0.3) is 0 Å². The fourth-order valence-electron chi connectivity index (χ4n) is 2.08. The summed E-state index contributed by atoms with van der Waals surface area (Å²) in [5.74, 6) is -0.275. The molecule has 0 aromatic heterocycles. The van der Waals surface area contributed by atoms with Gasteiger partial charge in [-0.25, -0.2) is 4.39 Å². The standard InChI is InChI=1S/C13H16ClFO/c14-11-7-6-10(13(15)8-11)9-16-12-4-2-1-3-5-12/h6-8,12H,1-5,9H2. The molecule has 1 aliphatic carbocycles. The van der Waals surface area contributed by atoms with Crippen molar-refractivity contribution in [3.8, 4) is 0 Å². The average Bonchev–Trinajstić information content (AvgIpc) is 2.29.